The van der Waals surface area contributed by atoms with Crippen molar-refractivity contribution < 1.29 is 4.39 Å². The number of aryl methyl sites for hydroxylation is 2. The van der Waals surface area contributed by atoms with Crippen LogP contribution in [0, 0.1) is 19.7 Å². The molecular formula is C16H14ClFN2. The maximum absolute atomic E-state index is 14.2. The fourth-order valence-electron chi connectivity index (χ4n) is 2.49. The van der Waals surface area contributed by atoms with Crippen molar-refractivity contribution in [2.75, 3.05) is 0 Å². The van der Waals surface area contributed by atoms with Crippen LogP contribution in [-0.4, -0.2) is 9.55 Å². The molecule has 0 N–H and O–H groups in total. The van der Waals surface area contributed by atoms with Crippen LogP contribution >= 0.6 is 11.6 Å². The van der Waals surface area contributed by atoms with E-state index in [0.717, 1.165) is 22.2 Å². The average Bonchev–Trinajstić information content (AvgIpc) is 2.76. The fourth-order valence-corrected chi connectivity index (χ4v) is 2.66. The van der Waals surface area contributed by atoms with Crippen molar-refractivity contribution in [1.82, 2.24) is 9.55 Å². The second-order valence-corrected chi connectivity index (χ2v) is 5.16. The predicted molar refractivity (Wildman–Crippen MR) is 80.1 cm³/mol. The van der Waals surface area contributed by atoms with E-state index in [0.29, 0.717) is 11.5 Å². The third-order valence-electron chi connectivity index (χ3n) is 3.41. The Morgan fingerprint density at radius 3 is 2.70 bits per heavy atom. The monoisotopic (exact) mass is 288 g/mol. The molecule has 0 bridgehead atoms. The van der Waals surface area contributed by atoms with Gasteiger partial charge in [-0.2, -0.15) is 0 Å². The first-order valence-electron chi connectivity index (χ1n) is 6.41. The number of rotatable bonds is 2. The molecule has 0 amide bonds. The zero-order valence-electron chi connectivity index (χ0n) is 11.3. The number of benzene rings is 2. The van der Waals surface area contributed by atoms with Gasteiger partial charge in [-0.05, 0) is 43.2 Å². The van der Waals surface area contributed by atoms with Crippen molar-refractivity contribution in [3.05, 3.63) is 59.2 Å². The smallest absolute Gasteiger partial charge is 0.147 e. The van der Waals surface area contributed by atoms with E-state index in [1.807, 2.05) is 42.7 Å². The summed E-state index contributed by atoms with van der Waals surface area (Å²) in [6.45, 7) is 3.89. The predicted octanol–water partition coefficient (Wildman–Crippen LogP) is 4.52. The summed E-state index contributed by atoms with van der Waals surface area (Å²) in [5.41, 5.74) is 4.21. The zero-order chi connectivity index (χ0) is 14.3. The van der Waals surface area contributed by atoms with Crippen LogP contribution in [0.25, 0.3) is 16.7 Å². The molecule has 0 unspecified atom stereocenters. The summed E-state index contributed by atoms with van der Waals surface area (Å²) >= 11 is 5.99. The number of fused-ring (bicyclic) bond motifs is 1. The van der Waals surface area contributed by atoms with Crippen LogP contribution in [0.2, 0.25) is 0 Å². The lowest BCUT2D eigenvalue weighted by molar-refractivity contribution is 0.616. The van der Waals surface area contributed by atoms with Gasteiger partial charge in [0.05, 0.1) is 22.6 Å². The van der Waals surface area contributed by atoms with Crippen molar-refractivity contribution in [1.29, 1.82) is 0 Å². The van der Waals surface area contributed by atoms with Gasteiger partial charge >= 0.3 is 0 Å². The quantitative estimate of drug-likeness (QED) is 0.634. The van der Waals surface area contributed by atoms with E-state index in [-0.39, 0.29) is 11.7 Å². The van der Waals surface area contributed by atoms with Crippen molar-refractivity contribution in [3.63, 3.8) is 0 Å². The van der Waals surface area contributed by atoms with Crippen LogP contribution < -0.4 is 0 Å². The molecule has 0 saturated heterocycles. The SMILES string of the molecule is Cc1ccc2c(c1)nc(CCl)n2-c1c(C)cccc1F. The van der Waals surface area contributed by atoms with Crippen LogP contribution in [0.5, 0.6) is 0 Å². The number of aromatic nitrogens is 2. The van der Waals surface area contributed by atoms with Crippen molar-refractivity contribution in [3.8, 4) is 5.69 Å². The first-order chi connectivity index (χ1) is 9.61. The Balaban J connectivity index is 2.40. The largest absolute Gasteiger partial charge is 0.292 e. The molecular weight excluding hydrogens is 275 g/mol. The molecule has 0 radical (unpaired) electrons. The highest BCUT2D eigenvalue weighted by Gasteiger charge is 2.16. The Bertz CT molecular complexity index is 772. The lowest BCUT2D eigenvalue weighted by atomic mass is 10.1. The van der Waals surface area contributed by atoms with E-state index >= 15 is 0 Å². The molecule has 0 atom stereocenters. The van der Waals surface area contributed by atoms with Gasteiger partial charge in [0.25, 0.3) is 0 Å². The summed E-state index contributed by atoms with van der Waals surface area (Å²) in [6, 6.07) is 11.0. The van der Waals surface area contributed by atoms with Crippen LogP contribution in [0.3, 0.4) is 0 Å². The summed E-state index contributed by atoms with van der Waals surface area (Å²) in [4.78, 5) is 4.51. The molecule has 102 valence electrons. The third-order valence-corrected chi connectivity index (χ3v) is 3.65. The minimum atomic E-state index is -0.267. The van der Waals surface area contributed by atoms with Gasteiger partial charge in [-0.15, -0.1) is 11.6 Å². The van der Waals surface area contributed by atoms with Gasteiger partial charge in [0.2, 0.25) is 0 Å². The summed E-state index contributed by atoms with van der Waals surface area (Å²) in [5.74, 6) is 0.623. The summed E-state index contributed by atoms with van der Waals surface area (Å²) in [6.07, 6.45) is 0. The topological polar surface area (TPSA) is 17.8 Å². The molecule has 2 aromatic carbocycles. The molecule has 0 fully saturated rings. The van der Waals surface area contributed by atoms with E-state index in [1.165, 1.54) is 6.07 Å². The molecule has 20 heavy (non-hydrogen) atoms. The molecule has 3 rings (SSSR count). The number of hydrogen-bond acceptors (Lipinski definition) is 1. The number of nitrogens with zero attached hydrogens (tertiary/aromatic N) is 2. The van der Waals surface area contributed by atoms with Gasteiger partial charge in [-0.1, -0.05) is 18.2 Å². The highest BCUT2D eigenvalue weighted by Crippen LogP contribution is 2.27. The van der Waals surface area contributed by atoms with Crippen LogP contribution in [0.1, 0.15) is 17.0 Å². The van der Waals surface area contributed by atoms with Crippen LogP contribution in [-0.2, 0) is 5.88 Å². The van der Waals surface area contributed by atoms with Gasteiger partial charge in [0.15, 0.2) is 0 Å². The number of imidazole rings is 1. The normalized spacial score (nSPS) is 11.2. The molecule has 0 aliphatic rings. The first-order valence-corrected chi connectivity index (χ1v) is 6.94. The van der Waals surface area contributed by atoms with Gasteiger partial charge in [-0.3, -0.25) is 4.57 Å². The summed E-state index contributed by atoms with van der Waals surface area (Å²) < 4.78 is 16.1. The lowest BCUT2D eigenvalue weighted by Crippen LogP contribution is -2.04. The van der Waals surface area contributed by atoms with Crippen molar-refractivity contribution >= 4 is 22.6 Å². The number of alkyl halides is 1. The Kier molecular flexibility index (Phi) is 3.22. The molecule has 0 saturated carbocycles. The zero-order valence-corrected chi connectivity index (χ0v) is 12.1. The first kappa shape index (κ1) is 13.1. The second-order valence-electron chi connectivity index (χ2n) is 4.89. The van der Waals surface area contributed by atoms with E-state index in [4.69, 9.17) is 11.6 Å². The van der Waals surface area contributed by atoms with E-state index in [1.54, 1.807) is 6.07 Å². The fraction of sp³-hybridized carbons (Fsp3) is 0.188. The van der Waals surface area contributed by atoms with Crippen LogP contribution in [0.4, 0.5) is 4.39 Å². The van der Waals surface area contributed by atoms with Crippen molar-refractivity contribution in [2.45, 2.75) is 19.7 Å². The molecule has 0 aliphatic heterocycles. The van der Waals surface area contributed by atoms with Crippen LogP contribution in [0.15, 0.2) is 36.4 Å². The van der Waals surface area contributed by atoms with Gasteiger partial charge < -0.3 is 0 Å². The number of hydrogen-bond donors (Lipinski definition) is 0. The van der Waals surface area contributed by atoms with Gasteiger partial charge in [0.1, 0.15) is 11.6 Å². The molecule has 0 aliphatic carbocycles. The number of para-hydroxylation sites is 1. The molecule has 2 nitrogen and oxygen atoms in total. The molecule has 1 aromatic heterocycles. The van der Waals surface area contributed by atoms with E-state index in [9.17, 15) is 4.39 Å². The van der Waals surface area contributed by atoms with Gasteiger partial charge in [-0.25, -0.2) is 9.37 Å². The standard InChI is InChI=1S/C16H14ClFN2/c1-10-6-7-14-13(8-10)19-15(9-17)20(14)16-11(2)4-3-5-12(16)18/h3-8H,9H2,1-2H3. The van der Waals surface area contributed by atoms with Crippen molar-refractivity contribution in [2.24, 2.45) is 0 Å². The minimum Gasteiger partial charge on any atom is -0.292 e. The Labute approximate surface area is 121 Å². The Morgan fingerprint density at radius 1 is 1.20 bits per heavy atom. The van der Waals surface area contributed by atoms with E-state index in [2.05, 4.69) is 4.98 Å². The number of halogens is 2. The highest BCUT2D eigenvalue weighted by atomic mass is 35.5. The maximum Gasteiger partial charge on any atom is 0.147 e. The maximum atomic E-state index is 14.2. The van der Waals surface area contributed by atoms with E-state index < -0.39 is 0 Å². The summed E-state index contributed by atoms with van der Waals surface area (Å²) in [7, 11) is 0. The average molecular weight is 289 g/mol. The summed E-state index contributed by atoms with van der Waals surface area (Å²) in [5, 5.41) is 0. The minimum absolute atomic E-state index is 0.238. The Hall–Kier alpha value is -1.87. The second kappa shape index (κ2) is 4.91. The molecule has 3 aromatic rings. The molecule has 0 spiro atoms. The molecule has 4 heteroatoms. The molecule has 1 heterocycles. The highest BCUT2D eigenvalue weighted by molar-refractivity contribution is 6.17. The third kappa shape index (κ3) is 1.98. The lowest BCUT2D eigenvalue weighted by Gasteiger charge is -2.12. The van der Waals surface area contributed by atoms with Gasteiger partial charge in [0, 0.05) is 0 Å². The Morgan fingerprint density at radius 2 is 2.00 bits per heavy atom.